The number of anilines is 2. The quantitative estimate of drug-likeness (QED) is 0.590. The van der Waals surface area contributed by atoms with Crippen molar-refractivity contribution in [2.24, 2.45) is 0 Å². The second-order valence-corrected chi connectivity index (χ2v) is 8.50. The van der Waals surface area contributed by atoms with Gasteiger partial charge in [0.2, 0.25) is 5.91 Å². The minimum Gasteiger partial charge on any atom is -0.367 e. The number of nitrogens with zero attached hydrogens (tertiary/aromatic N) is 4. The van der Waals surface area contributed by atoms with Gasteiger partial charge in [-0.2, -0.15) is 18.3 Å². The van der Waals surface area contributed by atoms with E-state index in [1.54, 1.807) is 33.8 Å². The normalized spacial score (nSPS) is 14.2. The van der Waals surface area contributed by atoms with Crippen molar-refractivity contribution in [2.45, 2.75) is 26.6 Å². The molecule has 4 rings (SSSR count). The van der Waals surface area contributed by atoms with Crippen molar-refractivity contribution in [1.82, 2.24) is 14.7 Å². The molecule has 3 aromatic rings. The van der Waals surface area contributed by atoms with Crippen molar-refractivity contribution >= 4 is 23.2 Å². The van der Waals surface area contributed by atoms with Gasteiger partial charge in [0.15, 0.2) is 0 Å². The fourth-order valence-corrected chi connectivity index (χ4v) is 4.17. The zero-order valence-electron chi connectivity index (χ0n) is 19.5. The maximum atomic E-state index is 13.0. The van der Waals surface area contributed by atoms with Gasteiger partial charge in [0.05, 0.1) is 16.8 Å². The summed E-state index contributed by atoms with van der Waals surface area (Å²) in [5, 5.41) is 6.92. The van der Waals surface area contributed by atoms with Gasteiger partial charge < -0.3 is 15.1 Å². The number of aromatic nitrogens is 2. The molecule has 0 saturated carbocycles. The van der Waals surface area contributed by atoms with Gasteiger partial charge in [-0.15, -0.1) is 0 Å². The first-order chi connectivity index (χ1) is 16.6. The summed E-state index contributed by atoms with van der Waals surface area (Å²) >= 11 is 0. The molecule has 1 fully saturated rings. The summed E-state index contributed by atoms with van der Waals surface area (Å²) in [6.07, 6.45) is -4.50. The molecule has 10 heteroatoms. The zero-order chi connectivity index (χ0) is 25.2. The van der Waals surface area contributed by atoms with Crippen LogP contribution in [0.25, 0.3) is 0 Å². The lowest BCUT2D eigenvalue weighted by atomic mass is 10.1. The molecule has 1 saturated heterocycles. The van der Waals surface area contributed by atoms with Crippen LogP contribution in [-0.2, 0) is 17.5 Å². The number of piperazine rings is 1. The number of para-hydroxylation sites is 1. The minimum atomic E-state index is -4.50. The predicted octanol–water partition coefficient (Wildman–Crippen LogP) is 4.12. The molecule has 1 N–H and O–H groups in total. The van der Waals surface area contributed by atoms with Gasteiger partial charge in [-0.3, -0.25) is 14.3 Å². The van der Waals surface area contributed by atoms with Gasteiger partial charge in [-0.05, 0) is 50.2 Å². The predicted molar refractivity (Wildman–Crippen MR) is 126 cm³/mol. The highest BCUT2D eigenvalue weighted by Crippen LogP contribution is 2.31. The van der Waals surface area contributed by atoms with Crippen molar-refractivity contribution < 1.29 is 22.8 Å². The van der Waals surface area contributed by atoms with Crippen LogP contribution in [0.4, 0.5) is 24.5 Å². The first kappa shape index (κ1) is 24.3. The van der Waals surface area contributed by atoms with Gasteiger partial charge in [0, 0.05) is 43.2 Å². The molecule has 0 spiro atoms. The second-order valence-electron chi connectivity index (χ2n) is 8.50. The van der Waals surface area contributed by atoms with E-state index in [1.807, 2.05) is 24.8 Å². The van der Waals surface area contributed by atoms with Gasteiger partial charge in [-0.25, -0.2) is 0 Å². The molecule has 0 aliphatic carbocycles. The molecule has 2 heterocycles. The summed E-state index contributed by atoms with van der Waals surface area (Å²) in [5.41, 5.74) is 2.05. The van der Waals surface area contributed by atoms with Crippen LogP contribution in [0.5, 0.6) is 0 Å². The summed E-state index contributed by atoms with van der Waals surface area (Å²) in [7, 11) is 0. The number of hydrogen-bond donors (Lipinski definition) is 1. The van der Waals surface area contributed by atoms with E-state index in [1.165, 1.54) is 12.1 Å². The van der Waals surface area contributed by atoms with Crippen molar-refractivity contribution in [3.63, 3.8) is 0 Å². The Hall–Kier alpha value is -3.82. The number of carbonyl (C=O) groups excluding carboxylic acids is 2. The molecule has 184 valence electrons. The summed E-state index contributed by atoms with van der Waals surface area (Å²) in [6, 6.07) is 13.4. The highest BCUT2D eigenvalue weighted by atomic mass is 19.4. The average molecular weight is 486 g/mol. The molecular weight excluding hydrogens is 459 g/mol. The van der Waals surface area contributed by atoms with Gasteiger partial charge in [0.1, 0.15) is 6.54 Å². The van der Waals surface area contributed by atoms with Crippen LogP contribution in [0.3, 0.4) is 0 Å². The molecule has 35 heavy (non-hydrogen) atoms. The summed E-state index contributed by atoms with van der Waals surface area (Å²) < 4.78 is 40.7. The van der Waals surface area contributed by atoms with E-state index < -0.39 is 17.6 Å². The standard InChI is InChI=1S/C25H26F3N5O2/c1-17-14-18(2)33(30-17)16-23(34)32-12-10-31(11-13-32)22-9-4-3-8-21(22)24(35)29-20-7-5-6-19(15-20)25(26,27)28/h3-9,14-15H,10-13,16H2,1-2H3,(H,29,35). The van der Waals surface area contributed by atoms with Gasteiger partial charge in [0.25, 0.3) is 5.91 Å². The van der Waals surface area contributed by atoms with Crippen molar-refractivity contribution in [1.29, 1.82) is 0 Å². The smallest absolute Gasteiger partial charge is 0.367 e. The number of amides is 2. The van der Waals surface area contributed by atoms with Crippen LogP contribution in [0.2, 0.25) is 0 Å². The number of hydrogen-bond acceptors (Lipinski definition) is 4. The van der Waals surface area contributed by atoms with E-state index in [0.29, 0.717) is 37.4 Å². The Morgan fingerprint density at radius 1 is 0.971 bits per heavy atom. The molecule has 7 nitrogen and oxygen atoms in total. The number of carbonyl (C=O) groups is 2. The Morgan fingerprint density at radius 2 is 1.69 bits per heavy atom. The van der Waals surface area contributed by atoms with Gasteiger partial charge in [-0.1, -0.05) is 18.2 Å². The third-order valence-corrected chi connectivity index (χ3v) is 5.96. The summed E-state index contributed by atoms with van der Waals surface area (Å²) in [6.45, 7) is 5.99. The highest BCUT2D eigenvalue weighted by molar-refractivity contribution is 6.08. The van der Waals surface area contributed by atoms with Gasteiger partial charge >= 0.3 is 6.18 Å². The van der Waals surface area contributed by atoms with Crippen LogP contribution in [-0.4, -0.2) is 52.7 Å². The third-order valence-electron chi connectivity index (χ3n) is 5.96. The molecule has 1 aliphatic heterocycles. The van der Waals surface area contributed by atoms with Crippen LogP contribution in [0.15, 0.2) is 54.6 Å². The van der Waals surface area contributed by atoms with E-state index in [4.69, 9.17) is 0 Å². The fourth-order valence-electron chi connectivity index (χ4n) is 4.17. The number of rotatable bonds is 5. The molecule has 0 radical (unpaired) electrons. The largest absolute Gasteiger partial charge is 0.416 e. The lowest BCUT2D eigenvalue weighted by Crippen LogP contribution is -2.50. The molecule has 1 aromatic heterocycles. The maximum Gasteiger partial charge on any atom is 0.416 e. The van der Waals surface area contributed by atoms with Crippen LogP contribution < -0.4 is 10.2 Å². The minimum absolute atomic E-state index is 0.0218. The van der Waals surface area contributed by atoms with Crippen molar-refractivity contribution in [2.75, 3.05) is 36.4 Å². The molecule has 0 unspecified atom stereocenters. The first-order valence-electron chi connectivity index (χ1n) is 11.2. The number of aryl methyl sites for hydroxylation is 2. The molecule has 0 bridgehead atoms. The van der Waals surface area contributed by atoms with E-state index in [0.717, 1.165) is 23.5 Å². The lowest BCUT2D eigenvalue weighted by molar-refractivity contribution is -0.137. The Kier molecular flexibility index (Phi) is 6.81. The number of benzene rings is 2. The molecular formula is C25H26F3N5O2. The van der Waals surface area contributed by atoms with E-state index >= 15 is 0 Å². The van der Waals surface area contributed by atoms with Crippen LogP contribution in [0.1, 0.15) is 27.3 Å². The van der Waals surface area contributed by atoms with E-state index in [2.05, 4.69) is 10.4 Å². The lowest BCUT2D eigenvalue weighted by Gasteiger charge is -2.37. The highest BCUT2D eigenvalue weighted by Gasteiger charge is 2.31. The molecule has 0 atom stereocenters. The molecule has 2 aromatic carbocycles. The van der Waals surface area contributed by atoms with Crippen molar-refractivity contribution in [3.8, 4) is 0 Å². The Morgan fingerprint density at radius 3 is 2.34 bits per heavy atom. The average Bonchev–Trinajstić information content (AvgIpc) is 3.15. The monoisotopic (exact) mass is 485 g/mol. The van der Waals surface area contributed by atoms with Crippen LogP contribution >= 0.6 is 0 Å². The Labute approximate surface area is 201 Å². The van der Waals surface area contributed by atoms with E-state index in [9.17, 15) is 22.8 Å². The van der Waals surface area contributed by atoms with E-state index in [-0.39, 0.29) is 18.1 Å². The summed E-state index contributed by atoms with van der Waals surface area (Å²) in [4.78, 5) is 29.5. The topological polar surface area (TPSA) is 70.5 Å². The molecule has 2 amide bonds. The number of nitrogens with one attached hydrogen (secondary N) is 1. The second kappa shape index (κ2) is 9.81. The van der Waals surface area contributed by atoms with Crippen molar-refractivity contribution in [3.05, 3.63) is 77.1 Å². The summed E-state index contributed by atoms with van der Waals surface area (Å²) in [5.74, 6) is -0.519. The SMILES string of the molecule is Cc1cc(C)n(CC(=O)N2CCN(c3ccccc3C(=O)Nc3cccc(C(F)(F)F)c3)CC2)n1. The zero-order valence-corrected chi connectivity index (χ0v) is 19.5. The Bertz CT molecular complexity index is 1230. The maximum absolute atomic E-state index is 13.0. The number of halogens is 3. The fraction of sp³-hybridized carbons (Fsp3) is 0.320. The third kappa shape index (κ3) is 5.64. The van der Waals surface area contributed by atoms with Crippen LogP contribution in [0, 0.1) is 13.8 Å². The Balaban J connectivity index is 1.42. The number of alkyl halides is 3. The first-order valence-corrected chi connectivity index (χ1v) is 11.2. The molecule has 1 aliphatic rings.